The van der Waals surface area contributed by atoms with Gasteiger partial charge in [-0.1, -0.05) is 23.9 Å². The average molecular weight is 297 g/mol. The molecule has 1 aromatic rings. The van der Waals surface area contributed by atoms with Crippen molar-refractivity contribution in [1.29, 1.82) is 5.41 Å². The van der Waals surface area contributed by atoms with Gasteiger partial charge in [0, 0.05) is 6.54 Å². The summed E-state index contributed by atoms with van der Waals surface area (Å²) in [6.07, 6.45) is 0. The number of hydrogen-bond acceptors (Lipinski definition) is 3. The Morgan fingerprint density at radius 1 is 1.50 bits per heavy atom. The van der Waals surface area contributed by atoms with Crippen molar-refractivity contribution in [1.82, 2.24) is 5.32 Å². The van der Waals surface area contributed by atoms with Crippen LogP contribution in [0, 0.1) is 18.2 Å². The molecule has 0 fully saturated rings. The zero-order valence-electron chi connectivity index (χ0n) is 10.9. The Morgan fingerprint density at radius 2 is 2.20 bits per heavy atom. The largest absolute Gasteiger partial charge is 0.370 e. The molecule has 1 rings (SSSR count). The van der Waals surface area contributed by atoms with E-state index >= 15 is 0 Å². The standard InChI is InChI=1S/C12H16FN5OS/c1-7-4-8(2-3-9(7)13)5-17-10(19)6-20-12(16)18-11(14)15/h2-4H,5-6H2,1H3,(H,17,19)(H5,14,15,16,18). The van der Waals surface area contributed by atoms with E-state index in [0.29, 0.717) is 12.1 Å². The number of carbonyl (C=O) groups excluding carboxylic acids is 1. The summed E-state index contributed by atoms with van der Waals surface area (Å²) in [7, 11) is 0. The molecule has 0 saturated heterocycles. The highest BCUT2D eigenvalue weighted by Gasteiger charge is 2.05. The fourth-order valence-electron chi connectivity index (χ4n) is 1.35. The average Bonchev–Trinajstić information content (AvgIpc) is 2.37. The summed E-state index contributed by atoms with van der Waals surface area (Å²) in [5.41, 5.74) is 11.5. The zero-order valence-corrected chi connectivity index (χ0v) is 11.8. The van der Waals surface area contributed by atoms with Crippen LogP contribution in [0.15, 0.2) is 23.2 Å². The van der Waals surface area contributed by atoms with Crippen LogP contribution in [-0.4, -0.2) is 22.8 Å². The molecule has 0 bridgehead atoms. The van der Waals surface area contributed by atoms with E-state index in [1.165, 1.54) is 6.07 Å². The SMILES string of the molecule is Cc1cc(CNC(=O)CSC(=N)N=C(N)N)ccc1F. The quantitative estimate of drug-likeness (QED) is 0.483. The molecule has 0 unspecified atom stereocenters. The molecule has 6 N–H and O–H groups in total. The van der Waals surface area contributed by atoms with Crippen molar-refractivity contribution in [3.05, 3.63) is 35.1 Å². The number of amides is 1. The second-order valence-corrected chi connectivity index (χ2v) is 4.95. The number of rotatable bonds is 4. The first-order chi connectivity index (χ1) is 9.38. The minimum Gasteiger partial charge on any atom is -0.370 e. The van der Waals surface area contributed by atoms with E-state index in [1.807, 2.05) is 0 Å². The highest BCUT2D eigenvalue weighted by Crippen LogP contribution is 2.09. The van der Waals surface area contributed by atoms with Crippen LogP contribution in [-0.2, 0) is 11.3 Å². The Balaban J connectivity index is 2.38. The Kier molecular flexibility index (Phi) is 5.98. The second kappa shape index (κ2) is 7.49. The lowest BCUT2D eigenvalue weighted by Crippen LogP contribution is -2.26. The van der Waals surface area contributed by atoms with Gasteiger partial charge in [0.2, 0.25) is 5.91 Å². The molecule has 6 nitrogen and oxygen atoms in total. The summed E-state index contributed by atoms with van der Waals surface area (Å²) in [6, 6.07) is 4.64. The number of halogens is 1. The van der Waals surface area contributed by atoms with Crippen LogP contribution >= 0.6 is 11.8 Å². The summed E-state index contributed by atoms with van der Waals surface area (Å²) in [4.78, 5) is 15.0. The molecule has 0 aliphatic heterocycles. The van der Waals surface area contributed by atoms with Crippen LogP contribution in [0.25, 0.3) is 0 Å². The summed E-state index contributed by atoms with van der Waals surface area (Å²) in [6.45, 7) is 1.96. The molecule has 0 atom stereocenters. The van der Waals surface area contributed by atoms with E-state index in [4.69, 9.17) is 16.9 Å². The van der Waals surface area contributed by atoms with Crippen LogP contribution in [0.5, 0.6) is 0 Å². The molecule has 20 heavy (non-hydrogen) atoms. The van der Waals surface area contributed by atoms with Gasteiger partial charge in [-0.15, -0.1) is 0 Å². The van der Waals surface area contributed by atoms with Crippen molar-refractivity contribution < 1.29 is 9.18 Å². The maximum atomic E-state index is 13.1. The molecule has 8 heteroatoms. The number of guanidine groups is 1. The number of nitrogens with one attached hydrogen (secondary N) is 2. The van der Waals surface area contributed by atoms with Gasteiger partial charge < -0.3 is 16.8 Å². The van der Waals surface area contributed by atoms with Gasteiger partial charge in [0.1, 0.15) is 5.82 Å². The summed E-state index contributed by atoms with van der Waals surface area (Å²) in [5, 5.41) is 9.89. The van der Waals surface area contributed by atoms with Crippen LogP contribution < -0.4 is 16.8 Å². The molecule has 0 aromatic heterocycles. The fraction of sp³-hybridized carbons (Fsp3) is 0.250. The van der Waals surface area contributed by atoms with Crippen molar-refractivity contribution in [3.8, 4) is 0 Å². The third-order valence-electron chi connectivity index (χ3n) is 2.28. The zero-order chi connectivity index (χ0) is 15.1. The third kappa shape index (κ3) is 5.70. The Bertz CT molecular complexity index is 543. The molecule has 0 aliphatic carbocycles. The van der Waals surface area contributed by atoms with E-state index in [9.17, 15) is 9.18 Å². The predicted molar refractivity (Wildman–Crippen MR) is 79.0 cm³/mol. The molecule has 0 spiro atoms. The van der Waals surface area contributed by atoms with Crippen molar-refractivity contribution in [2.24, 2.45) is 16.5 Å². The van der Waals surface area contributed by atoms with Gasteiger partial charge in [-0.25, -0.2) is 4.39 Å². The molecule has 1 aromatic carbocycles. The van der Waals surface area contributed by atoms with Crippen molar-refractivity contribution >= 4 is 28.8 Å². The third-order valence-corrected chi connectivity index (χ3v) is 3.05. The van der Waals surface area contributed by atoms with Gasteiger partial charge in [-0.05, 0) is 24.1 Å². The van der Waals surface area contributed by atoms with E-state index in [0.717, 1.165) is 17.3 Å². The smallest absolute Gasteiger partial charge is 0.230 e. The van der Waals surface area contributed by atoms with Crippen molar-refractivity contribution in [3.63, 3.8) is 0 Å². The van der Waals surface area contributed by atoms with Crippen LogP contribution in [0.2, 0.25) is 0 Å². The molecule has 0 aliphatic rings. The second-order valence-electron chi connectivity index (χ2n) is 3.99. The minimum atomic E-state index is -0.277. The molecule has 1 amide bonds. The van der Waals surface area contributed by atoms with Crippen LogP contribution in [0.4, 0.5) is 4.39 Å². The number of nitrogens with zero attached hydrogens (tertiary/aromatic N) is 1. The minimum absolute atomic E-state index is 0.0375. The van der Waals surface area contributed by atoms with E-state index in [-0.39, 0.29) is 28.6 Å². The Hall–Kier alpha value is -2.09. The number of thioether (sulfide) groups is 1. The van der Waals surface area contributed by atoms with Gasteiger partial charge >= 0.3 is 0 Å². The number of aliphatic imine (C=N–C) groups is 1. The number of aryl methyl sites for hydroxylation is 1. The van der Waals surface area contributed by atoms with Crippen molar-refractivity contribution in [2.45, 2.75) is 13.5 Å². The first kappa shape index (κ1) is 16.0. The highest BCUT2D eigenvalue weighted by atomic mass is 32.2. The Morgan fingerprint density at radius 3 is 2.80 bits per heavy atom. The maximum absolute atomic E-state index is 13.1. The van der Waals surface area contributed by atoms with E-state index < -0.39 is 0 Å². The maximum Gasteiger partial charge on any atom is 0.230 e. The first-order valence-corrected chi connectivity index (χ1v) is 6.69. The van der Waals surface area contributed by atoms with Crippen LogP contribution in [0.3, 0.4) is 0 Å². The molecule has 108 valence electrons. The lowest BCUT2D eigenvalue weighted by atomic mass is 10.1. The molecule has 0 radical (unpaired) electrons. The topological polar surface area (TPSA) is 117 Å². The normalized spacial score (nSPS) is 9.90. The van der Waals surface area contributed by atoms with E-state index in [2.05, 4.69) is 10.3 Å². The number of benzene rings is 1. The molecule has 0 heterocycles. The fourth-order valence-corrected chi connectivity index (χ4v) is 1.89. The van der Waals surface area contributed by atoms with Gasteiger partial charge in [-0.2, -0.15) is 4.99 Å². The van der Waals surface area contributed by atoms with Crippen molar-refractivity contribution in [2.75, 3.05) is 5.75 Å². The lowest BCUT2D eigenvalue weighted by Gasteiger charge is -2.06. The molecular weight excluding hydrogens is 281 g/mol. The lowest BCUT2D eigenvalue weighted by molar-refractivity contribution is -0.118. The number of carbonyl (C=O) groups is 1. The first-order valence-electron chi connectivity index (χ1n) is 5.71. The van der Waals surface area contributed by atoms with E-state index in [1.54, 1.807) is 19.1 Å². The number of nitrogens with two attached hydrogens (primary N) is 2. The summed E-state index contributed by atoms with van der Waals surface area (Å²) >= 11 is 0.917. The van der Waals surface area contributed by atoms with Gasteiger partial charge in [0.05, 0.1) is 5.75 Å². The summed E-state index contributed by atoms with van der Waals surface area (Å²) in [5.74, 6) is -0.714. The van der Waals surface area contributed by atoms with Gasteiger partial charge in [0.25, 0.3) is 0 Å². The van der Waals surface area contributed by atoms with Gasteiger partial charge in [0.15, 0.2) is 11.1 Å². The number of amidine groups is 1. The molecule has 0 saturated carbocycles. The summed E-state index contributed by atoms with van der Waals surface area (Å²) < 4.78 is 13.1. The predicted octanol–water partition coefficient (Wildman–Crippen LogP) is 0.692. The number of hydrogen-bond donors (Lipinski definition) is 4. The Labute approximate surface area is 120 Å². The monoisotopic (exact) mass is 297 g/mol. The van der Waals surface area contributed by atoms with Crippen LogP contribution in [0.1, 0.15) is 11.1 Å². The molecular formula is C12H16FN5OS. The highest BCUT2D eigenvalue weighted by molar-refractivity contribution is 8.14. The van der Waals surface area contributed by atoms with Gasteiger partial charge in [-0.3, -0.25) is 10.2 Å².